The fourth-order valence-corrected chi connectivity index (χ4v) is 4.70. The molecule has 1 aliphatic heterocycles. The van der Waals surface area contributed by atoms with E-state index in [2.05, 4.69) is 109 Å². The van der Waals surface area contributed by atoms with Crippen LogP contribution in [0.4, 0.5) is 0 Å². The van der Waals surface area contributed by atoms with Crippen molar-refractivity contribution >= 4 is 57.5 Å². The van der Waals surface area contributed by atoms with Crippen LogP contribution >= 0.6 is 0 Å². The summed E-state index contributed by atoms with van der Waals surface area (Å²) in [7, 11) is 0.765. The highest BCUT2D eigenvalue weighted by Gasteiger charge is 2.51. The van der Waals surface area contributed by atoms with E-state index in [1.165, 1.54) is 26.9 Å². The van der Waals surface area contributed by atoms with E-state index in [0.717, 1.165) is 16.3 Å². The Morgan fingerprint density at radius 2 is 1.33 bits per heavy atom. The molecular formula is C30H34B2O4. The second-order valence-corrected chi connectivity index (χ2v) is 11.1. The molecule has 5 rings (SSSR count). The summed E-state index contributed by atoms with van der Waals surface area (Å²) in [5.41, 5.74) is 1.24. The molecule has 0 radical (unpaired) electrons. The van der Waals surface area contributed by atoms with Crippen molar-refractivity contribution in [2.75, 3.05) is 7.11 Å². The van der Waals surface area contributed by atoms with E-state index in [-0.39, 0.29) is 17.1 Å². The maximum Gasteiger partial charge on any atom is 0.562 e. The third kappa shape index (κ3) is 4.21. The van der Waals surface area contributed by atoms with Crippen LogP contribution in [0.15, 0.2) is 73.0 Å². The van der Waals surface area contributed by atoms with Crippen molar-refractivity contribution in [1.82, 2.24) is 0 Å². The molecule has 0 aliphatic carbocycles. The van der Waals surface area contributed by atoms with Crippen molar-refractivity contribution in [3.8, 4) is 0 Å². The van der Waals surface area contributed by atoms with Gasteiger partial charge in [-0.25, -0.2) is 0 Å². The van der Waals surface area contributed by atoms with Gasteiger partial charge >= 0.3 is 14.2 Å². The predicted octanol–water partition coefficient (Wildman–Crippen LogP) is 5.97. The summed E-state index contributed by atoms with van der Waals surface area (Å²) in [4.78, 5) is 0. The van der Waals surface area contributed by atoms with Gasteiger partial charge in [0, 0.05) is 13.0 Å². The van der Waals surface area contributed by atoms with E-state index < -0.39 is 14.2 Å². The van der Waals surface area contributed by atoms with Crippen molar-refractivity contribution in [2.45, 2.75) is 52.7 Å². The van der Waals surface area contributed by atoms with Crippen LogP contribution in [0.1, 0.15) is 41.5 Å². The van der Waals surface area contributed by atoms with Gasteiger partial charge in [-0.2, -0.15) is 0 Å². The Balaban J connectivity index is 1.61. The summed E-state index contributed by atoms with van der Waals surface area (Å²) >= 11 is 0. The van der Waals surface area contributed by atoms with E-state index in [9.17, 15) is 0 Å². The standard InChI is InChI=1S/C30H34B2O4/c1-19(2)20(3)34-31(33-8)23-13-9-21-11-16-26-25(27(21)17-23)15-12-22-10-14-24(18-28(22)26)32-35-29(4,5)30(6,7)36-32/h9-19H,3H2,1-2,4-8H3. The minimum absolute atomic E-state index is 0.216. The molecule has 0 aromatic heterocycles. The highest BCUT2D eigenvalue weighted by molar-refractivity contribution is 6.62. The Labute approximate surface area is 214 Å². The topological polar surface area (TPSA) is 36.9 Å². The highest BCUT2D eigenvalue weighted by Crippen LogP contribution is 2.37. The predicted molar refractivity (Wildman–Crippen MR) is 152 cm³/mol. The van der Waals surface area contributed by atoms with Crippen LogP contribution in [0.5, 0.6) is 0 Å². The lowest BCUT2D eigenvalue weighted by molar-refractivity contribution is 0.00578. The van der Waals surface area contributed by atoms with Crippen LogP contribution < -0.4 is 10.9 Å². The zero-order valence-corrected chi connectivity index (χ0v) is 22.3. The SMILES string of the molecule is C=C(OB(OC)c1ccc2ccc3c4cc(B5OC(C)(C)C(C)(C)O5)ccc4ccc3c2c1)C(C)C. The number of hydrogen-bond donors (Lipinski definition) is 0. The Bertz CT molecular complexity index is 1460. The Kier molecular flexibility index (Phi) is 6.19. The smallest absolute Gasteiger partial charge is 0.536 e. The van der Waals surface area contributed by atoms with E-state index >= 15 is 0 Å². The summed E-state index contributed by atoms with van der Waals surface area (Å²) < 4.78 is 24.4. The van der Waals surface area contributed by atoms with Crippen LogP contribution in [-0.4, -0.2) is 32.5 Å². The third-order valence-electron chi connectivity index (χ3n) is 7.80. The third-order valence-corrected chi connectivity index (χ3v) is 7.80. The van der Waals surface area contributed by atoms with Gasteiger partial charge in [0.1, 0.15) is 0 Å². The van der Waals surface area contributed by atoms with Crippen LogP contribution in [-0.2, 0) is 18.6 Å². The molecule has 4 aromatic carbocycles. The molecule has 1 heterocycles. The van der Waals surface area contributed by atoms with Crippen LogP contribution in [0.2, 0.25) is 0 Å². The number of rotatable bonds is 6. The summed E-state index contributed by atoms with van der Waals surface area (Å²) in [5.74, 6) is 0.926. The molecule has 1 saturated heterocycles. The molecule has 184 valence electrons. The average Bonchev–Trinajstić information content (AvgIpc) is 3.07. The van der Waals surface area contributed by atoms with Crippen molar-refractivity contribution in [3.63, 3.8) is 0 Å². The van der Waals surface area contributed by atoms with Crippen molar-refractivity contribution < 1.29 is 18.6 Å². The molecule has 0 N–H and O–H groups in total. The minimum atomic E-state index is -0.505. The first-order valence-electron chi connectivity index (χ1n) is 12.6. The minimum Gasteiger partial charge on any atom is -0.536 e. The van der Waals surface area contributed by atoms with Gasteiger partial charge in [-0.15, -0.1) is 0 Å². The molecule has 4 aromatic rings. The number of hydrogen-bond acceptors (Lipinski definition) is 4. The summed E-state index contributed by atoms with van der Waals surface area (Å²) in [6.45, 7) is 16.5. The monoisotopic (exact) mass is 480 g/mol. The quantitative estimate of drug-likeness (QED) is 0.194. The first-order valence-corrected chi connectivity index (χ1v) is 12.6. The Morgan fingerprint density at radius 3 is 1.89 bits per heavy atom. The first-order chi connectivity index (χ1) is 17.0. The number of fused-ring (bicyclic) bond motifs is 5. The molecule has 1 fully saturated rings. The molecule has 4 nitrogen and oxygen atoms in total. The maximum absolute atomic E-state index is 6.33. The van der Waals surface area contributed by atoms with Gasteiger partial charge in [-0.05, 0) is 70.9 Å². The molecule has 0 atom stereocenters. The van der Waals surface area contributed by atoms with E-state index in [1.807, 2.05) is 0 Å². The maximum atomic E-state index is 6.33. The van der Waals surface area contributed by atoms with E-state index in [1.54, 1.807) is 7.11 Å². The van der Waals surface area contributed by atoms with Gasteiger partial charge < -0.3 is 18.6 Å². The molecule has 0 unspecified atom stereocenters. The Hall–Kier alpha value is -2.79. The Morgan fingerprint density at radius 1 is 0.806 bits per heavy atom. The molecular weight excluding hydrogens is 446 g/mol. The molecule has 0 amide bonds. The number of allylic oxidation sites excluding steroid dienone is 1. The molecule has 1 aliphatic rings. The van der Waals surface area contributed by atoms with Crippen molar-refractivity contribution in [2.24, 2.45) is 5.92 Å². The molecule has 0 bridgehead atoms. The van der Waals surface area contributed by atoms with Crippen LogP contribution in [0.25, 0.3) is 32.3 Å². The average molecular weight is 480 g/mol. The second-order valence-electron chi connectivity index (χ2n) is 11.1. The summed E-state index contributed by atoms with van der Waals surface area (Å²) in [6, 6.07) is 21.6. The summed E-state index contributed by atoms with van der Waals surface area (Å²) in [6.07, 6.45) is 0. The summed E-state index contributed by atoms with van der Waals surface area (Å²) in [5, 5.41) is 7.07. The molecule has 0 saturated carbocycles. The zero-order chi connectivity index (χ0) is 25.8. The van der Waals surface area contributed by atoms with Crippen molar-refractivity contribution in [1.29, 1.82) is 0 Å². The lowest BCUT2D eigenvalue weighted by Gasteiger charge is -2.32. The largest absolute Gasteiger partial charge is 0.562 e. The normalized spacial score (nSPS) is 16.8. The first kappa shape index (κ1) is 24.9. The van der Waals surface area contributed by atoms with Gasteiger partial charge in [0.05, 0.1) is 17.0 Å². The van der Waals surface area contributed by atoms with Crippen LogP contribution in [0.3, 0.4) is 0 Å². The lowest BCUT2D eigenvalue weighted by atomic mass is 9.76. The van der Waals surface area contributed by atoms with E-state index in [0.29, 0.717) is 5.76 Å². The highest BCUT2D eigenvalue weighted by atomic mass is 16.7. The van der Waals surface area contributed by atoms with Gasteiger partial charge in [0.15, 0.2) is 0 Å². The molecule has 36 heavy (non-hydrogen) atoms. The van der Waals surface area contributed by atoms with Gasteiger partial charge in [0.25, 0.3) is 0 Å². The number of benzene rings is 4. The van der Waals surface area contributed by atoms with Gasteiger partial charge in [-0.1, -0.05) is 81.1 Å². The van der Waals surface area contributed by atoms with Gasteiger partial charge in [-0.3, -0.25) is 0 Å². The fraction of sp³-hybridized carbons (Fsp3) is 0.333. The van der Waals surface area contributed by atoms with Crippen molar-refractivity contribution in [3.05, 3.63) is 73.0 Å². The molecule has 6 heteroatoms. The molecule has 0 spiro atoms. The fourth-order valence-electron chi connectivity index (χ4n) is 4.70. The lowest BCUT2D eigenvalue weighted by Crippen LogP contribution is -2.41. The van der Waals surface area contributed by atoms with E-state index in [4.69, 9.17) is 18.6 Å². The van der Waals surface area contributed by atoms with Crippen LogP contribution in [0, 0.1) is 5.92 Å². The zero-order valence-electron chi connectivity index (χ0n) is 22.3. The second kappa shape index (κ2) is 8.95. The van der Waals surface area contributed by atoms with Gasteiger partial charge in [0.2, 0.25) is 0 Å².